The molecule has 26 heavy (non-hydrogen) atoms. The second-order valence-corrected chi connectivity index (χ2v) is 8.12. The van der Waals surface area contributed by atoms with Crippen molar-refractivity contribution < 1.29 is 9.53 Å². The molecule has 0 aliphatic carbocycles. The van der Waals surface area contributed by atoms with Crippen molar-refractivity contribution in [2.75, 3.05) is 26.2 Å². The first-order chi connectivity index (χ1) is 12.5. The molecule has 144 valence electrons. The van der Waals surface area contributed by atoms with Crippen LogP contribution in [0.2, 0.25) is 0 Å². The molecular formula is C22H34N2O2. The summed E-state index contributed by atoms with van der Waals surface area (Å²) in [5.74, 6) is 1.07. The summed E-state index contributed by atoms with van der Waals surface area (Å²) in [6.45, 7) is 10.4. The molecule has 4 nitrogen and oxygen atoms in total. The number of hydrogen-bond donors (Lipinski definition) is 0. The molecule has 4 heteroatoms. The van der Waals surface area contributed by atoms with E-state index in [1.54, 1.807) is 0 Å². The molecule has 2 aliphatic rings. The van der Waals surface area contributed by atoms with E-state index in [0.717, 1.165) is 36.9 Å². The van der Waals surface area contributed by atoms with Crippen molar-refractivity contribution in [3.05, 3.63) is 29.8 Å². The average molecular weight is 359 g/mol. The van der Waals surface area contributed by atoms with E-state index in [2.05, 4.69) is 30.6 Å². The Balaban J connectivity index is 1.42. The number of rotatable bonds is 8. The maximum Gasteiger partial charge on any atom is 0.176 e. The van der Waals surface area contributed by atoms with Crippen molar-refractivity contribution in [1.29, 1.82) is 0 Å². The summed E-state index contributed by atoms with van der Waals surface area (Å²) in [7, 11) is 0. The van der Waals surface area contributed by atoms with E-state index in [4.69, 9.17) is 4.74 Å². The Morgan fingerprint density at radius 2 is 1.73 bits per heavy atom. The molecule has 0 aromatic heterocycles. The van der Waals surface area contributed by atoms with Gasteiger partial charge < -0.3 is 9.64 Å². The van der Waals surface area contributed by atoms with Crippen molar-refractivity contribution in [3.8, 4) is 5.75 Å². The normalized spacial score (nSPS) is 27.1. The summed E-state index contributed by atoms with van der Waals surface area (Å²) >= 11 is 0. The zero-order valence-corrected chi connectivity index (χ0v) is 16.6. The van der Waals surface area contributed by atoms with Crippen LogP contribution in [0.5, 0.6) is 5.75 Å². The van der Waals surface area contributed by atoms with Gasteiger partial charge in [0.15, 0.2) is 5.78 Å². The number of hydrogen-bond acceptors (Lipinski definition) is 4. The van der Waals surface area contributed by atoms with E-state index >= 15 is 0 Å². The molecule has 2 heterocycles. The van der Waals surface area contributed by atoms with Crippen LogP contribution in [0.4, 0.5) is 0 Å². The molecular weight excluding hydrogens is 324 g/mol. The van der Waals surface area contributed by atoms with Crippen LogP contribution in [0.1, 0.15) is 63.2 Å². The highest BCUT2D eigenvalue weighted by Crippen LogP contribution is 2.24. The molecule has 2 saturated heterocycles. The Hall–Kier alpha value is -1.39. The highest BCUT2D eigenvalue weighted by atomic mass is 16.5. The second kappa shape index (κ2) is 9.01. The Labute approximate surface area is 158 Å². The van der Waals surface area contributed by atoms with Gasteiger partial charge in [0, 0.05) is 30.2 Å². The first-order valence-electron chi connectivity index (χ1n) is 10.3. The summed E-state index contributed by atoms with van der Waals surface area (Å²) in [6, 6.07) is 9.42. The molecule has 2 fully saturated rings. The van der Waals surface area contributed by atoms with Crippen LogP contribution in [0, 0.1) is 0 Å². The highest BCUT2D eigenvalue weighted by Gasteiger charge is 2.28. The summed E-state index contributed by atoms with van der Waals surface area (Å²) in [4.78, 5) is 17.4. The Bertz CT molecular complexity index is 576. The quantitative estimate of drug-likeness (QED) is 0.519. The van der Waals surface area contributed by atoms with Crippen molar-refractivity contribution >= 4 is 5.78 Å². The molecule has 2 aliphatic heterocycles. The molecule has 3 atom stereocenters. The standard InChI is InChI=1S/C22H34N2O2/c1-17-6-4-13-23(17)14-5-15-26-21-11-9-20(10-12-21)22(25)16-24-18(2)7-8-19(24)3/h9-12,17-19H,4-8,13-16H2,1-3H3/t17-,18?,19?/m1/s1. The van der Waals surface area contributed by atoms with Crippen LogP contribution in [-0.4, -0.2) is 59.9 Å². The molecule has 0 N–H and O–H groups in total. The SMILES string of the molecule is CC1CCC(C)N1CC(=O)c1ccc(OCCCN2CCC[C@H]2C)cc1. The third-order valence-electron chi connectivity index (χ3n) is 6.19. The summed E-state index contributed by atoms with van der Waals surface area (Å²) in [6.07, 6.45) is 6.09. The molecule has 0 amide bonds. The van der Waals surface area contributed by atoms with Gasteiger partial charge in [-0.05, 0) is 83.7 Å². The Morgan fingerprint density at radius 1 is 1.04 bits per heavy atom. The van der Waals surface area contributed by atoms with Crippen LogP contribution >= 0.6 is 0 Å². The molecule has 0 radical (unpaired) electrons. The first-order valence-corrected chi connectivity index (χ1v) is 10.3. The van der Waals surface area contributed by atoms with E-state index in [9.17, 15) is 4.79 Å². The molecule has 1 aromatic rings. The number of benzene rings is 1. The van der Waals surface area contributed by atoms with Gasteiger partial charge in [-0.3, -0.25) is 9.69 Å². The van der Waals surface area contributed by atoms with E-state index in [0.29, 0.717) is 18.6 Å². The zero-order chi connectivity index (χ0) is 18.5. The van der Waals surface area contributed by atoms with Gasteiger partial charge in [0.25, 0.3) is 0 Å². The predicted octanol–water partition coefficient (Wildman–Crippen LogP) is 4.00. The van der Waals surface area contributed by atoms with Crippen molar-refractivity contribution in [3.63, 3.8) is 0 Å². The molecule has 0 saturated carbocycles. The van der Waals surface area contributed by atoms with Crippen molar-refractivity contribution in [2.24, 2.45) is 0 Å². The number of likely N-dealkylation sites (tertiary alicyclic amines) is 2. The predicted molar refractivity (Wildman–Crippen MR) is 106 cm³/mol. The zero-order valence-electron chi connectivity index (χ0n) is 16.6. The fourth-order valence-electron chi connectivity index (χ4n) is 4.34. The number of ketones is 1. The van der Waals surface area contributed by atoms with Gasteiger partial charge in [-0.25, -0.2) is 0 Å². The molecule has 2 unspecified atom stereocenters. The lowest BCUT2D eigenvalue weighted by Crippen LogP contribution is -2.37. The van der Waals surface area contributed by atoms with Gasteiger partial charge in [-0.2, -0.15) is 0 Å². The van der Waals surface area contributed by atoms with Gasteiger partial charge in [-0.15, -0.1) is 0 Å². The summed E-state index contributed by atoms with van der Waals surface area (Å²) in [5.41, 5.74) is 0.787. The molecule has 0 bridgehead atoms. The fourth-order valence-corrected chi connectivity index (χ4v) is 4.34. The Morgan fingerprint density at radius 3 is 2.35 bits per heavy atom. The molecule has 3 rings (SSSR count). The van der Waals surface area contributed by atoms with Crippen LogP contribution in [0.15, 0.2) is 24.3 Å². The third kappa shape index (κ3) is 4.86. The van der Waals surface area contributed by atoms with Gasteiger partial charge in [0.05, 0.1) is 13.2 Å². The van der Waals surface area contributed by atoms with E-state index in [1.807, 2.05) is 24.3 Å². The largest absolute Gasteiger partial charge is 0.494 e. The van der Waals surface area contributed by atoms with E-state index < -0.39 is 0 Å². The number of Topliss-reactive ketones (excluding diaryl/α,β-unsaturated/α-hetero) is 1. The van der Waals surface area contributed by atoms with Gasteiger partial charge in [0.1, 0.15) is 5.75 Å². The molecule has 0 spiro atoms. The van der Waals surface area contributed by atoms with Crippen LogP contribution < -0.4 is 4.74 Å². The lowest BCUT2D eigenvalue weighted by molar-refractivity contribution is 0.0898. The lowest BCUT2D eigenvalue weighted by atomic mass is 10.1. The first kappa shape index (κ1) is 19.4. The van der Waals surface area contributed by atoms with E-state index in [-0.39, 0.29) is 5.78 Å². The number of ether oxygens (including phenoxy) is 1. The topological polar surface area (TPSA) is 32.8 Å². The minimum atomic E-state index is 0.208. The number of nitrogens with zero attached hydrogens (tertiary/aromatic N) is 2. The van der Waals surface area contributed by atoms with Crippen LogP contribution in [-0.2, 0) is 0 Å². The summed E-state index contributed by atoms with van der Waals surface area (Å²) in [5, 5.41) is 0. The molecule has 1 aromatic carbocycles. The second-order valence-electron chi connectivity index (χ2n) is 8.12. The van der Waals surface area contributed by atoms with Gasteiger partial charge in [0.2, 0.25) is 0 Å². The minimum absolute atomic E-state index is 0.208. The lowest BCUT2D eigenvalue weighted by Gasteiger charge is -2.25. The summed E-state index contributed by atoms with van der Waals surface area (Å²) < 4.78 is 5.85. The highest BCUT2D eigenvalue weighted by molar-refractivity contribution is 5.97. The minimum Gasteiger partial charge on any atom is -0.494 e. The average Bonchev–Trinajstić information content (AvgIpc) is 3.19. The maximum absolute atomic E-state index is 12.6. The smallest absolute Gasteiger partial charge is 0.176 e. The number of carbonyl (C=O) groups is 1. The van der Waals surface area contributed by atoms with Crippen LogP contribution in [0.3, 0.4) is 0 Å². The number of carbonyl (C=O) groups excluding carboxylic acids is 1. The van der Waals surface area contributed by atoms with Gasteiger partial charge in [-0.1, -0.05) is 0 Å². The maximum atomic E-state index is 12.6. The van der Waals surface area contributed by atoms with E-state index in [1.165, 1.54) is 32.2 Å². The third-order valence-corrected chi connectivity index (χ3v) is 6.19. The monoisotopic (exact) mass is 358 g/mol. The van der Waals surface area contributed by atoms with Crippen LogP contribution in [0.25, 0.3) is 0 Å². The van der Waals surface area contributed by atoms with Crippen molar-refractivity contribution in [2.45, 2.75) is 71.0 Å². The fraction of sp³-hybridized carbons (Fsp3) is 0.682. The Kier molecular flexibility index (Phi) is 6.71. The van der Waals surface area contributed by atoms with Gasteiger partial charge >= 0.3 is 0 Å². The van der Waals surface area contributed by atoms with Crippen molar-refractivity contribution in [1.82, 2.24) is 9.80 Å².